The Balaban J connectivity index is 1.33. The largest absolute Gasteiger partial charge is 0.352 e. The minimum atomic E-state index is -0.0965. The molecule has 1 aliphatic heterocycles. The standard InChI is InChI=1S/C21H24N4O2/c1-14-12-18(19-15(2)24-27-21(19)23-14)20(26)22-9-5-10-25-11-8-16-6-3-4-7-17(16)13-25/h3-4,6-7,12H,5,8-11,13H2,1-2H3,(H,22,26). The number of nitrogens with one attached hydrogen (secondary N) is 1. The van der Waals surface area contributed by atoms with E-state index in [2.05, 4.69) is 44.6 Å². The van der Waals surface area contributed by atoms with Crippen LogP contribution in [0.15, 0.2) is 34.9 Å². The van der Waals surface area contributed by atoms with Crippen LogP contribution < -0.4 is 5.32 Å². The van der Waals surface area contributed by atoms with E-state index in [1.54, 1.807) is 6.07 Å². The van der Waals surface area contributed by atoms with Gasteiger partial charge in [0, 0.05) is 31.9 Å². The Morgan fingerprint density at radius 3 is 2.93 bits per heavy atom. The predicted octanol–water partition coefficient (Wildman–Crippen LogP) is 3.02. The van der Waals surface area contributed by atoms with Crippen molar-refractivity contribution < 1.29 is 9.32 Å². The fourth-order valence-electron chi connectivity index (χ4n) is 3.74. The lowest BCUT2D eigenvalue weighted by molar-refractivity contribution is 0.0952. The number of aryl methyl sites for hydroxylation is 2. The Kier molecular flexibility index (Phi) is 4.90. The van der Waals surface area contributed by atoms with Crippen molar-refractivity contribution >= 4 is 17.0 Å². The summed E-state index contributed by atoms with van der Waals surface area (Å²) in [7, 11) is 0. The third-order valence-electron chi connectivity index (χ3n) is 5.14. The van der Waals surface area contributed by atoms with Crippen LogP contribution in [0.1, 0.15) is 39.3 Å². The van der Waals surface area contributed by atoms with Gasteiger partial charge in [0.15, 0.2) is 0 Å². The third kappa shape index (κ3) is 3.71. The zero-order chi connectivity index (χ0) is 18.8. The Morgan fingerprint density at radius 1 is 1.26 bits per heavy atom. The van der Waals surface area contributed by atoms with Crippen LogP contribution in [0, 0.1) is 13.8 Å². The van der Waals surface area contributed by atoms with Gasteiger partial charge in [-0.1, -0.05) is 29.4 Å². The van der Waals surface area contributed by atoms with Gasteiger partial charge in [-0.05, 0) is 43.9 Å². The summed E-state index contributed by atoms with van der Waals surface area (Å²) in [6.45, 7) is 7.37. The topological polar surface area (TPSA) is 71.3 Å². The van der Waals surface area contributed by atoms with Crippen LogP contribution in [0.5, 0.6) is 0 Å². The van der Waals surface area contributed by atoms with Gasteiger partial charge in [0.05, 0.1) is 16.6 Å². The molecule has 1 amide bonds. The van der Waals surface area contributed by atoms with Crippen molar-refractivity contribution in [2.24, 2.45) is 0 Å². The van der Waals surface area contributed by atoms with Gasteiger partial charge in [-0.2, -0.15) is 0 Å². The van der Waals surface area contributed by atoms with Gasteiger partial charge in [-0.25, -0.2) is 4.98 Å². The Morgan fingerprint density at radius 2 is 2.07 bits per heavy atom. The maximum Gasteiger partial charge on any atom is 0.258 e. The molecule has 3 aromatic rings. The number of carbonyl (C=O) groups excluding carboxylic acids is 1. The highest BCUT2D eigenvalue weighted by molar-refractivity contribution is 6.06. The number of amides is 1. The van der Waals surface area contributed by atoms with Crippen molar-refractivity contribution in [3.8, 4) is 0 Å². The van der Waals surface area contributed by atoms with Crippen molar-refractivity contribution in [1.82, 2.24) is 20.4 Å². The zero-order valence-corrected chi connectivity index (χ0v) is 15.8. The second-order valence-corrected chi connectivity index (χ2v) is 7.16. The summed E-state index contributed by atoms with van der Waals surface area (Å²) >= 11 is 0. The van der Waals surface area contributed by atoms with Crippen LogP contribution in [-0.4, -0.2) is 40.6 Å². The van der Waals surface area contributed by atoms with Crippen molar-refractivity contribution in [3.05, 3.63) is 58.4 Å². The molecule has 6 heteroatoms. The molecule has 0 radical (unpaired) electrons. The number of benzene rings is 1. The first kappa shape index (κ1) is 17.7. The molecule has 3 heterocycles. The third-order valence-corrected chi connectivity index (χ3v) is 5.14. The number of hydrogen-bond donors (Lipinski definition) is 1. The first-order chi connectivity index (χ1) is 13.1. The molecule has 140 valence electrons. The fourth-order valence-corrected chi connectivity index (χ4v) is 3.74. The van der Waals surface area contributed by atoms with Crippen LogP contribution in [0.3, 0.4) is 0 Å². The highest BCUT2D eigenvalue weighted by Crippen LogP contribution is 2.22. The maximum absolute atomic E-state index is 12.7. The lowest BCUT2D eigenvalue weighted by Crippen LogP contribution is -2.33. The van der Waals surface area contributed by atoms with E-state index in [1.165, 1.54) is 11.1 Å². The molecule has 0 fully saturated rings. The summed E-state index contributed by atoms with van der Waals surface area (Å²) in [5, 5.41) is 7.66. The van der Waals surface area contributed by atoms with E-state index in [0.717, 1.165) is 38.2 Å². The number of rotatable bonds is 5. The summed E-state index contributed by atoms with van der Waals surface area (Å²) in [6.07, 6.45) is 2.02. The summed E-state index contributed by atoms with van der Waals surface area (Å²) < 4.78 is 5.21. The number of pyridine rings is 1. The lowest BCUT2D eigenvalue weighted by Gasteiger charge is -2.28. The number of aromatic nitrogens is 2. The fraction of sp³-hybridized carbons (Fsp3) is 0.381. The molecule has 1 N–H and O–H groups in total. The number of carbonyl (C=O) groups is 1. The van der Waals surface area contributed by atoms with Crippen LogP contribution >= 0.6 is 0 Å². The van der Waals surface area contributed by atoms with Crippen LogP contribution in [0.25, 0.3) is 11.1 Å². The highest BCUT2D eigenvalue weighted by atomic mass is 16.5. The molecule has 0 saturated heterocycles. The molecule has 0 bridgehead atoms. The van der Waals surface area contributed by atoms with Crippen molar-refractivity contribution in [3.63, 3.8) is 0 Å². The summed E-state index contributed by atoms with van der Waals surface area (Å²) in [6, 6.07) is 10.4. The van der Waals surface area contributed by atoms with Gasteiger partial charge in [-0.3, -0.25) is 9.69 Å². The van der Waals surface area contributed by atoms with Crippen LogP contribution in [-0.2, 0) is 13.0 Å². The number of fused-ring (bicyclic) bond motifs is 2. The first-order valence-corrected chi connectivity index (χ1v) is 9.43. The Hall–Kier alpha value is -2.73. The number of hydrogen-bond acceptors (Lipinski definition) is 5. The van der Waals surface area contributed by atoms with E-state index in [0.29, 0.717) is 28.9 Å². The highest BCUT2D eigenvalue weighted by Gasteiger charge is 2.18. The maximum atomic E-state index is 12.7. The molecule has 0 saturated carbocycles. The molecule has 0 spiro atoms. The van der Waals surface area contributed by atoms with Gasteiger partial charge in [0.25, 0.3) is 11.6 Å². The second kappa shape index (κ2) is 7.48. The molecule has 1 aromatic carbocycles. The van der Waals surface area contributed by atoms with Crippen molar-refractivity contribution in [2.45, 2.75) is 33.2 Å². The van der Waals surface area contributed by atoms with E-state index in [9.17, 15) is 4.79 Å². The monoisotopic (exact) mass is 364 g/mol. The van der Waals surface area contributed by atoms with Gasteiger partial charge < -0.3 is 9.84 Å². The second-order valence-electron chi connectivity index (χ2n) is 7.16. The predicted molar refractivity (Wildman–Crippen MR) is 104 cm³/mol. The molecule has 0 aliphatic carbocycles. The van der Waals surface area contributed by atoms with Gasteiger partial charge in [0.2, 0.25) is 0 Å². The zero-order valence-electron chi connectivity index (χ0n) is 15.8. The minimum Gasteiger partial charge on any atom is -0.352 e. The molecule has 0 unspecified atom stereocenters. The van der Waals surface area contributed by atoms with Crippen molar-refractivity contribution in [1.29, 1.82) is 0 Å². The van der Waals surface area contributed by atoms with Gasteiger partial charge >= 0.3 is 0 Å². The summed E-state index contributed by atoms with van der Waals surface area (Å²) in [5.41, 5.74) is 5.33. The average molecular weight is 364 g/mol. The molecule has 4 rings (SSSR count). The molecule has 0 atom stereocenters. The molecular formula is C21H24N4O2. The van der Waals surface area contributed by atoms with Crippen LogP contribution in [0.2, 0.25) is 0 Å². The average Bonchev–Trinajstić information content (AvgIpc) is 3.05. The number of nitrogens with zero attached hydrogens (tertiary/aromatic N) is 3. The normalized spacial score (nSPS) is 14.3. The quantitative estimate of drug-likeness (QED) is 0.705. The summed E-state index contributed by atoms with van der Waals surface area (Å²) in [4.78, 5) is 19.4. The lowest BCUT2D eigenvalue weighted by atomic mass is 10.00. The SMILES string of the molecule is Cc1cc(C(=O)NCCCN2CCc3ccccc3C2)c2c(C)noc2n1. The molecular weight excluding hydrogens is 340 g/mol. The van der Waals surface area contributed by atoms with E-state index < -0.39 is 0 Å². The first-order valence-electron chi connectivity index (χ1n) is 9.43. The van der Waals surface area contributed by atoms with E-state index in [1.807, 2.05) is 13.8 Å². The van der Waals surface area contributed by atoms with E-state index >= 15 is 0 Å². The smallest absolute Gasteiger partial charge is 0.258 e. The van der Waals surface area contributed by atoms with E-state index in [4.69, 9.17) is 4.52 Å². The van der Waals surface area contributed by atoms with Crippen molar-refractivity contribution in [2.75, 3.05) is 19.6 Å². The van der Waals surface area contributed by atoms with Gasteiger partial charge in [0.1, 0.15) is 0 Å². The summed E-state index contributed by atoms with van der Waals surface area (Å²) in [5.74, 6) is -0.0965. The van der Waals surface area contributed by atoms with Gasteiger partial charge in [-0.15, -0.1) is 0 Å². The molecule has 27 heavy (non-hydrogen) atoms. The Labute approximate surface area is 158 Å². The minimum absolute atomic E-state index is 0.0965. The molecule has 1 aliphatic rings. The molecule has 2 aromatic heterocycles. The Bertz CT molecular complexity index is 979. The van der Waals surface area contributed by atoms with Crippen LogP contribution in [0.4, 0.5) is 0 Å². The van der Waals surface area contributed by atoms with E-state index in [-0.39, 0.29) is 5.91 Å². The molecule has 6 nitrogen and oxygen atoms in total.